The molecule has 5 heteroatoms. The summed E-state index contributed by atoms with van der Waals surface area (Å²) < 4.78 is 5.23. The zero-order valence-corrected chi connectivity index (χ0v) is 10.5. The predicted octanol–water partition coefficient (Wildman–Crippen LogP) is 2.58. The molecule has 1 aromatic carbocycles. The topological polar surface area (TPSA) is 66.2 Å². The van der Waals surface area contributed by atoms with Gasteiger partial charge in [-0.2, -0.15) is 5.26 Å². The van der Waals surface area contributed by atoms with Gasteiger partial charge in [-0.15, -0.1) is 0 Å². The lowest BCUT2D eigenvalue weighted by Gasteiger charge is -2.15. The first-order chi connectivity index (χ1) is 9.20. The fraction of sp³-hybridized carbons (Fsp3) is 0.214. The highest BCUT2D eigenvalue weighted by Crippen LogP contribution is 2.19. The molecule has 96 valence electrons. The molecule has 0 spiro atoms. The molecule has 0 unspecified atom stereocenters. The smallest absolute Gasteiger partial charge is 0.410 e. The van der Waals surface area contributed by atoms with Crippen LogP contribution in [0.5, 0.6) is 5.75 Å². The number of nitriles is 1. The fourth-order valence-electron chi connectivity index (χ4n) is 1.60. The minimum Gasteiger partial charge on any atom is -0.410 e. The molecule has 0 N–H and O–H groups in total. The van der Waals surface area contributed by atoms with E-state index in [4.69, 9.17) is 10.00 Å². The Labute approximate surface area is 111 Å². The minimum atomic E-state index is -0.474. The van der Waals surface area contributed by atoms with Crippen LogP contribution in [0, 0.1) is 11.3 Å². The molecule has 1 aromatic heterocycles. The van der Waals surface area contributed by atoms with Gasteiger partial charge in [0.2, 0.25) is 0 Å². The van der Waals surface area contributed by atoms with Crippen LogP contribution in [-0.4, -0.2) is 29.6 Å². The van der Waals surface area contributed by atoms with E-state index in [-0.39, 0.29) is 6.42 Å². The molecule has 19 heavy (non-hydrogen) atoms. The molecule has 0 aliphatic heterocycles. The maximum Gasteiger partial charge on any atom is 0.414 e. The Morgan fingerprint density at radius 1 is 1.47 bits per heavy atom. The van der Waals surface area contributed by atoms with E-state index in [0.29, 0.717) is 12.3 Å². The Kier molecular flexibility index (Phi) is 3.94. The van der Waals surface area contributed by atoms with Gasteiger partial charge in [0.15, 0.2) is 0 Å². The molecule has 0 radical (unpaired) electrons. The van der Waals surface area contributed by atoms with E-state index in [2.05, 4.69) is 4.98 Å². The number of carbonyl (C=O) groups is 1. The first-order valence-electron chi connectivity index (χ1n) is 5.85. The second kappa shape index (κ2) is 5.83. The van der Waals surface area contributed by atoms with Gasteiger partial charge in [-0.25, -0.2) is 4.79 Å². The van der Waals surface area contributed by atoms with Gasteiger partial charge in [0.25, 0.3) is 0 Å². The summed E-state index contributed by atoms with van der Waals surface area (Å²) in [5.41, 5.74) is 0.847. The van der Waals surface area contributed by atoms with Crippen molar-refractivity contribution in [2.24, 2.45) is 0 Å². The average Bonchev–Trinajstić information content (AvgIpc) is 2.44. The molecule has 0 fully saturated rings. The van der Waals surface area contributed by atoms with Crippen molar-refractivity contribution in [3.63, 3.8) is 0 Å². The van der Waals surface area contributed by atoms with Gasteiger partial charge in [-0.1, -0.05) is 6.07 Å². The summed E-state index contributed by atoms with van der Waals surface area (Å²) in [5.74, 6) is 0.467. The number of nitrogens with zero attached hydrogens (tertiary/aromatic N) is 3. The van der Waals surface area contributed by atoms with Crippen LogP contribution in [0.25, 0.3) is 10.9 Å². The summed E-state index contributed by atoms with van der Waals surface area (Å²) >= 11 is 0. The molecule has 1 heterocycles. The van der Waals surface area contributed by atoms with Crippen molar-refractivity contribution in [1.82, 2.24) is 9.88 Å². The normalized spacial score (nSPS) is 9.89. The van der Waals surface area contributed by atoms with E-state index in [1.807, 2.05) is 18.2 Å². The number of carbonyl (C=O) groups excluding carboxylic acids is 1. The molecule has 1 amide bonds. The molecule has 2 rings (SSSR count). The van der Waals surface area contributed by atoms with Crippen LogP contribution in [0.15, 0.2) is 36.5 Å². The minimum absolute atomic E-state index is 0.285. The Bertz CT molecular complexity index is 634. The van der Waals surface area contributed by atoms with Gasteiger partial charge in [0, 0.05) is 25.2 Å². The maximum absolute atomic E-state index is 11.7. The maximum atomic E-state index is 11.7. The largest absolute Gasteiger partial charge is 0.414 e. The van der Waals surface area contributed by atoms with Crippen molar-refractivity contribution >= 4 is 17.0 Å². The van der Waals surface area contributed by atoms with Crippen molar-refractivity contribution in [2.75, 3.05) is 13.6 Å². The monoisotopic (exact) mass is 255 g/mol. The van der Waals surface area contributed by atoms with Crippen LogP contribution in [0.2, 0.25) is 0 Å². The van der Waals surface area contributed by atoms with E-state index in [9.17, 15) is 4.79 Å². The van der Waals surface area contributed by atoms with E-state index in [1.165, 1.54) is 4.90 Å². The average molecular weight is 255 g/mol. The molecule has 0 saturated heterocycles. The van der Waals surface area contributed by atoms with Crippen molar-refractivity contribution in [2.45, 2.75) is 6.42 Å². The zero-order chi connectivity index (χ0) is 13.7. The van der Waals surface area contributed by atoms with Gasteiger partial charge in [-0.3, -0.25) is 4.98 Å². The van der Waals surface area contributed by atoms with Crippen LogP contribution in [0.1, 0.15) is 6.42 Å². The molecular weight excluding hydrogens is 242 g/mol. The van der Waals surface area contributed by atoms with E-state index < -0.39 is 6.09 Å². The number of benzene rings is 1. The zero-order valence-electron chi connectivity index (χ0n) is 10.5. The second-order valence-electron chi connectivity index (χ2n) is 4.06. The lowest BCUT2D eigenvalue weighted by Crippen LogP contribution is -2.30. The summed E-state index contributed by atoms with van der Waals surface area (Å²) in [6.45, 7) is 0.352. The molecule has 0 aliphatic rings. The van der Waals surface area contributed by atoms with E-state index >= 15 is 0 Å². The van der Waals surface area contributed by atoms with Gasteiger partial charge in [0.1, 0.15) is 5.75 Å². The van der Waals surface area contributed by atoms with Gasteiger partial charge >= 0.3 is 6.09 Å². The lowest BCUT2D eigenvalue weighted by molar-refractivity contribution is 0.164. The Hall–Kier alpha value is -2.61. The first kappa shape index (κ1) is 12.8. The number of fused-ring (bicyclic) bond motifs is 1. The standard InChI is InChI=1S/C14H13N3O2/c1-17(9-3-7-15)14(18)19-12-5-6-13-11(10-12)4-2-8-16-13/h2,4-6,8,10H,3,9H2,1H3. The number of ether oxygens (including phenoxy) is 1. The van der Waals surface area contributed by atoms with Crippen LogP contribution in [0.4, 0.5) is 4.79 Å². The molecule has 0 aliphatic carbocycles. The highest BCUT2D eigenvalue weighted by Gasteiger charge is 2.10. The van der Waals surface area contributed by atoms with Gasteiger partial charge < -0.3 is 9.64 Å². The number of rotatable bonds is 3. The third-order valence-corrected chi connectivity index (χ3v) is 2.65. The van der Waals surface area contributed by atoms with Crippen LogP contribution in [-0.2, 0) is 0 Å². The molecular formula is C14H13N3O2. The van der Waals surface area contributed by atoms with Crippen molar-refractivity contribution in [1.29, 1.82) is 5.26 Å². The first-order valence-corrected chi connectivity index (χ1v) is 5.85. The quantitative estimate of drug-likeness (QED) is 0.845. The van der Waals surface area contributed by atoms with Crippen molar-refractivity contribution < 1.29 is 9.53 Å². The Morgan fingerprint density at radius 2 is 2.32 bits per heavy atom. The highest BCUT2D eigenvalue weighted by molar-refractivity contribution is 5.81. The number of hydrogen-bond acceptors (Lipinski definition) is 4. The number of aromatic nitrogens is 1. The summed E-state index contributed by atoms with van der Waals surface area (Å²) in [4.78, 5) is 17.3. The lowest BCUT2D eigenvalue weighted by atomic mass is 10.2. The Balaban J connectivity index is 2.09. The SMILES string of the molecule is CN(CCC#N)C(=O)Oc1ccc2ncccc2c1. The Morgan fingerprint density at radius 3 is 3.11 bits per heavy atom. The number of amides is 1. The van der Waals surface area contributed by atoms with E-state index in [0.717, 1.165) is 10.9 Å². The third kappa shape index (κ3) is 3.19. The summed E-state index contributed by atoms with van der Waals surface area (Å²) in [7, 11) is 1.60. The molecule has 2 aromatic rings. The van der Waals surface area contributed by atoms with Crippen molar-refractivity contribution in [3.05, 3.63) is 36.5 Å². The molecule has 0 bridgehead atoms. The molecule has 0 atom stereocenters. The number of hydrogen-bond donors (Lipinski definition) is 0. The van der Waals surface area contributed by atoms with E-state index in [1.54, 1.807) is 31.4 Å². The van der Waals surface area contributed by atoms with Gasteiger partial charge in [0.05, 0.1) is 18.0 Å². The van der Waals surface area contributed by atoms with Gasteiger partial charge in [-0.05, 0) is 24.3 Å². The molecule has 5 nitrogen and oxygen atoms in total. The third-order valence-electron chi connectivity index (χ3n) is 2.65. The van der Waals surface area contributed by atoms with Crippen LogP contribution in [0.3, 0.4) is 0 Å². The summed E-state index contributed by atoms with van der Waals surface area (Å²) in [6, 6.07) is 11.0. The summed E-state index contributed by atoms with van der Waals surface area (Å²) in [5, 5.41) is 9.38. The van der Waals surface area contributed by atoms with Crippen LogP contribution < -0.4 is 4.74 Å². The predicted molar refractivity (Wildman–Crippen MR) is 70.6 cm³/mol. The summed E-state index contributed by atoms with van der Waals surface area (Å²) in [6.07, 6.45) is 1.52. The van der Waals surface area contributed by atoms with Crippen LogP contribution >= 0.6 is 0 Å². The van der Waals surface area contributed by atoms with Crippen molar-refractivity contribution in [3.8, 4) is 11.8 Å². The highest BCUT2D eigenvalue weighted by atomic mass is 16.6. The fourth-order valence-corrected chi connectivity index (χ4v) is 1.60. The molecule has 0 saturated carbocycles. The second-order valence-corrected chi connectivity index (χ2v) is 4.06. The number of pyridine rings is 1.